The number of Topliss-reactive ketones (excluding diaryl/α,β-unsaturated/α-hetero) is 2. The molecule has 12 nitrogen and oxygen atoms in total. The van der Waals surface area contributed by atoms with Crippen molar-refractivity contribution in [3.8, 4) is 28.0 Å². The normalized spacial score (nSPS) is 21.2. The van der Waals surface area contributed by atoms with E-state index in [1.165, 1.54) is 43.2 Å². The third-order valence-electron chi connectivity index (χ3n) is 9.49. The molecule has 1 N–H and O–H groups in total. The van der Waals surface area contributed by atoms with E-state index in [0.717, 1.165) is 14.8 Å². The number of rotatable bonds is 4. The number of halogens is 1. The Bertz CT molecular complexity index is 2390. The molecule has 3 aromatic heterocycles. The number of ether oxygens (including phenoxy) is 3. The SMILES string of the molecule is COc1cc(OC)c2c(c1Cl)O[C@@]1(C(=O)C3=C(C[C@H]1C)Nc1c(c(=O)n(C)c(=O)n1C)[C@H]3c1ccc(-c3nc4ccccc4s3)o1)C2=O. The van der Waals surface area contributed by atoms with Crippen LogP contribution in [0.4, 0.5) is 5.82 Å². The largest absolute Gasteiger partial charge is 0.496 e. The molecule has 8 rings (SSSR count). The van der Waals surface area contributed by atoms with Crippen LogP contribution >= 0.6 is 22.9 Å². The van der Waals surface area contributed by atoms with Crippen molar-refractivity contribution in [1.82, 2.24) is 14.1 Å². The van der Waals surface area contributed by atoms with Crippen molar-refractivity contribution in [3.05, 3.63) is 96.5 Å². The highest BCUT2D eigenvalue weighted by Gasteiger charge is 2.64. The molecule has 5 heterocycles. The first-order valence-electron chi connectivity index (χ1n) is 15.0. The van der Waals surface area contributed by atoms with Crippen molar-refractivity contribution in [2.75, 3.05) is 19.5 Å². The number of benzene rings is 2. The molecule has 1 aliphatic carbocycles. The maximum atomic E-state index is 15.1. The number of carbonyl (C=O) groups excluding carboxylic acids is 2. The van der Waals surface area contributed by atoms with Crippen LogP contribution in [-0.4, -0.2) is 45.5 Å². The maximum absolute atomic E-state index is 15.1. The van der Waals surface area contributed by atoms with Gasteiger partial charge in [0, 0.05) is 37.3 Å². The molecule has 0 amide bonds. The maximum Gasteiger partial charge on any atom is 0.332 e. The summed E-state index contributed by atoms with van der Waals surface area (Å²) in [7, 11) is 5.73. The molecule has 244 valence electrons. The Labute approximate surface area is 281 Å². The molecule has 48 heavy (non-hydrogen) atoms. The number of hydrogen-bond acceptors (Lipinski definition) is 11. The fourth-order valence-electron chi connectivity index (χ4n) is 7.07. The van der Waals surface area contributed by atoms with Crippen molar-refractivity contribution < 1.29 is 28.2 Å². The van der Waals surface area contributed by atoms with E-state index in [-0.39, 0.29) is 57.0 Å². The average Bonchev–Trinajstić information content (AvgIpc) is 3.82. The summed E-state index contributed by atoms with van der Waals surface area (Å²) in [6.45, 7) is 1.73. The zero-order valence-corrected chi connectivity index (χ0v) is 27.9. The third-order valence-corrected chi connectivity index (χ3v) is 10.9. The number of nitrogens with zero attached hydrogens (tertiary/aromatic N) is 3. The highest BCUT2D eigenvalue weighted by molar-refractivity contribution is 7.21. The van der Waals surface area contributed by atoms with Crippen molar-refractivity contribution in [2.45, 2.75) is 24.9 Å². The summed E-state index contributed by atoms with van der Waals surface area (Å²) >= 11 is 8.09. The van der Waals surface area contributed by atoms with Gasteiger partial charge in [0.25, 0.3) is 5.56 Å². The number of para-hydroxylation sites is 1. The van der Waals surface area contributed by atoms with E-state index in [2.05, 4.69) is 5.32 Å². The van der Waals surface area contributed by atoms with Crippen LogP contribution in [0.5, 0.6) is 17.2 Å². The van der Waals surface area contributed by atoms with Crippen LogP contribution in [0.2, 0.25) is 5.02 Å². The lowest BCUT2D eigenvalue weighted by Crippen LogP contribution is -2.58. The first kappa shape index (κ1) is 30.2. The predicted molar refractivity (Wildman–Crippen MR) is 178 cm³/mol. The third kappa shape index (κ3) is 3.85. The van der Waals surface area contributed by atoms with E-state index in [4.69, 9.17) is 35.2 Å². The lowest BCUT2D eigenvalue weighted by Gasteiger charge is -2.42. The molecule has 0 saturated heterocycles. The van der Waals surface area contributed by atoms with Gasteiger partial charge in [-0.3, -0.25) is 23.5 Å². The van der Waals surface area contributed by atoms with Gasteiger partial charge in [0.1, 0.15) is 33.7 Å². The van der Waals surface area contributed by atoms with Gasteiger partial charge in [-0.05, 0) is 30.7 Å². The molecule has 3 aliphatic rings. The molecule has 2 aliphatic heterocycles. The average molecular weight is 687 g/mol. The van der Waals surface area contributed by atoms with E-state index in [1.54, 1.807) is 26.1 Å². The van der Waals surface area contributed by atoms with Crippen molar-refractivity contribution >= 4 is 50.5 Å². The lowest BCUT2D eigenvalue weighted by molar-refractivity contribution is -0.130. The van der Waals surface area contributed by atoms with Crippen LogP contribution in [0.15, 0.2) is 67.7 Å². The Hall–Kier alpha value is -5.14. The van der Waals surface area contributed by atoms with Gasteiger partial charge in [0.05, 0.1) is 35.9 Å². The highest BCUT2D eigenvalue weighted by Crippen LogP contribution is 2.56. The number of allylic oxidation sites excluding steroid dienone is 1. The van der Waals surface area contributed by atoms with Crippen LogP contribution < -0.4 is 30.8 Å². The van der Waals surface area contributed by atoms with Gasteiger partial charge in [-0.25, -0.2) is 9.78 Å². The minimum Gasteiger partial charge on any atom is -0.496 e. The fraction of sp³-hybridized carbons (Fsp3) is 0.265. The number of hydrogen-bond donors (Lipinski definition) is 1. The summed E-state index contributed by atoms with van der Waals surface area (Å²) in [5.74, 6) is -1.82. The summed E-state index contributed by atoms with van der Waals surface area (Å²) in [5.41, 5.74) is -1.69. The lowest BCUT2D eigenvalue weighted by atomic mass is 9.66. The van der Waals surface area contributed by atoms with Gasteiger partial charge >= 0.3 is 5.69 Å². The number of methoxy groups -OCH3 is 2. The summed E-state index contributed by atoms with van der Waals surface area (Å²) in [6.07, 6.45) is 0.155. The molecule has 0 radical (unpaired) electrons. The molecule has 0 unspecified atom stereocenters. The molecule has 0 saturated carbocycles. The number of fused-ring (bicyclic) bond motifs is 3. The van der Waals surface area contributed by atoms with Crippen LogP contribution in [0, 0.1) is 5.92 Å². The van der Waals surface area contributed by atoms with Gasteiger partial charge in [-0.2, -0.15) is 0 Å². The molecule has 14 heteroatoms. The number of nitrogens with one attached hydrogen (secondary N) is 1. The van der Waals surface area contributed by atoms with Gasteiger partial charge in [-0.1, -0.05) is 30.7 Å². The summed E-state index contributed by atoms with van der Waals surface area (Å²) in [4.78, 5) is 61.3. The number of ketones is 2. The molecular weight excluding hydrogens is 660 g/mol. The Morgan fingerprint density at radius 1 is 1.02 bits per heavy atom. The Morgan fingerprint density at radius 2 is 1.77 bits per heavy atom. The Morgan fingerprint density at radius 3 is 2.50 bits per heavy atom. The number of furan rings is 1. The van der Waals surface area contributed by atoms with Crippen LogP contribution in [0.3, 0.4) is 0 Å². The molecule has 0 fully saturated rings. The predicted octanol–water partition coefficient (Wildman–Crippen LogP) is 5.06. The van der Waals surface area contributed by atoms with Crippen molar-refractivity contribution in [1.29, 1.82) is 0 Å². The first-order valence-corrected chi connectivity index (χ1v) is 16.2. The van der Waals surface area contributed by atoms with Crippen LogP contribution in [0.25, 0.3) is 21.0 Å². The number of aromatic nitrogens is 3. The highest BCUT2D eigenvalue weighted by atomic mass is 35.5. The van der Waals surface area contributed by atoms with Gasteiger partial charge in [0.15, 0.2) is 16.5 Å². The molecular formula is C34H27ClN4O8S. The standard InChI is InChI=1S/C34H27ClN4O8S/c1-14-12-16-22(28(40)34(14)29(41)24-19(44-4)13-20(45-5)26(35)27(24)47-34)23(25-30(36-16)38(2)33(43)39(3)32(25)42)17-10-11-18(46-17)31-37-15-8-6-7-9-21(15)48-31/h6-11,13-14,23,36H,12H2,1-5H3/t14-,23+,34+/m1/s1. The van der Waals surface area contributed by atoms with E-state index >= 15 is 4.79 Å². The second-order valence-electron chi connectivity index (χ2n) is 12.0. The first-order chi connectivity index (χ1) is 23.0. The topological polar surface area (TPSA) is 144 Å². The van der Waals surface area contributed by atoms with Crippen molar-refractivity contribution in [3.63, 3.8) is 0 Å². The summed E-state index contributed by atoms with van der Waals surface area (Å²) in [5, 5.41) is 3.84. The van der Waals surface area contributed by atoms with Gasteiger partial charge in [-0.15, -0.1) is 11.3 Å². The van der Waals surface area contributed by atoms with Gasteiger partial charge < -0.3 is 23.9 Å². The summed E-state index contributed by atoms with van der Waals surface area (Å²) < 4.78 is 27.0. The monoisotopic (exact) mass is 686 g/mol. The summed E-state index contributed by atoms with van der Waals surface area (Å²) in [6, 6.07) is 12.6. The second kappa shape index (κ2) is 10.4. The van der Waals surface area contributed by atoms with E-state index in [1.807, 2.05) is 24.3 Å². The molecule has 1 spiro atoms. The number of anilines is 1. The van der Waals surface area contributed by atoms with E-state index in [9.17, 15) is 14.4 Å². The molecule has 3 atom stereocenters. The van der Waals surface area contributed by atoms with E-state index in [0.29, 0.717) is 16.5 Å². The minimum atomic E-state index is -2.03. The fourth-order valence-corrected chi connectivity index (χ4v) is 8.27. The van der Waals surface area contributed by atoms with E-state index < -0.39 is 40.3 Å². The minimum absolute atomic E-state index is 0.0164. The zero-order valence-electron chi connectivity index (χ0n) is 26.3. The van der Waals surface area contributed by atoms with Crippen molar-refractivity contribution in [2.24, 2.45) is 20.0 Å². The molecule has 5 aromatic rings. The Kier molecular flexibility index (Phi) is 6.56. The smallest absolute Gasteiger partial charge is 0.332 e. The van der Waals surface area contributed by atoms with Crippen LogP contribution in [0.1, 0.15) is 40.9 Å². The van der Waals surface area contributed by atoms with Crippen LogP contribution in [-0.2, 0) is 18.9 Å². The number of carbonyl (C=O) groups is 2. The zero-order chi connectivity index (χ0) is 33.8. The second-order valence-corrected chi connectivity index (χ2v) is 13.4. The number of thiazole rings is 1. The Balaban J connectivity index is 1.34. The molecule has 0 bridgehead atoms. The van der Waals surface area contributed by atoms with Gasteiger partial charge in [0.2, 0.25) is 17.2 Å². The molecule has 2 aromatic carbocycles. The quantitative estimate of drug-likeness (QED) is 0.255.